The van der Waals surface area contributed by atoms with Crippen LogP contribution in [0, 0.1) is 0 Å². The molecule has 1 fully saturated rings. The standard InChI is InChI=1S/C14H22N2/c1-3-12-8-7-9-13(4-2)16(12)14-10-5-6-11-15-14/h5-6,10-13H,3-4,7-9H2,1-2H3. The summed E-state index contributed by atoms with van der Waals surface area (Å²) in [5, 5.41) is 0. The summed E-state index contributed by atoms with van der Waals surface area (Å²) in [4.78, 5) is 7.08. The molecule has 2 unspecified atom stereocenters. The number of piperidine rings is 1. The van der Waals surface area contributed by atoms with Gasteiger partial charge in [-0.05, 0) is 44.2 Å². The lowest BCUT2D eigenvalue weighted by molar-refractivity contribution is 0.364. The molecule has 1 aromatic heterocycles. The molecule has 88 valence electrons. The van der Waals surface area contributed by atoms with E-state index in [1.165, 1.54) is 37.9 Å². The van der Waals surface area contributed by atoms with Gasteiger partial charge in [-0.1, -0.05) is 19.9 Å². The van der Waals surface area contributed by atoms with Crippen LogP contribution in [0.15, 0.2) is 24.4 Å². The minimum Gasteiger partial charge on any atom is -0.351 e. The topological polar surface area (TPSA) is 16.1 Å². The summed E-state index contributed by atoms with van der Waals surface area (Å²) in [6.07, 6.45) is 8.39. The lowest BCUT2D eigenvalue weighted by Crippen LogP contribution is -2.46. The van der Waals surface area contributed by atoms with Crippen LogP contribution >= 0.6 is 0 Å². The second-order valence-electron chi connectivity index (χ2n) is 4.65. The quantitative estimate of drug-likeness (QED) is 0.770. The fourth-order valence-electron chi connectivity index (χ4n) is 2.85. The van der Waals surface area contributed by atoms with E-state index in [-0.39, 0.29) is 0 Å². The molecule has 0 aliphatic carbocycles. The Labute approximate surface area is 98.7 Å². The molecule has 2 heteroatoms. The third kappa shape index (κ3) is 2.21. The Morgan fingerprint density at radius 2 is 1.88 bits per heavy atom. The summed E-state index contributed by atoms with van der Waals surface area (Å²) in [7, 11) is 0. The summed E-state index contributed by atoms with van der Waals surface area (Å²) in [6, 6.07) is 7.62. The van der Waals surface area contributed by atoms with Crippen molar-refractivity contribution in [3.63, 3.8) is 0 Å². The number of anilines is 1. The number of aromatic nitrogens is 1. The first-order valence-corrected chi connectivity index (χ1v) is 6.56. The van der Waals surface area contributed by atoms with Crippen LogP contribution in [0.25, 0.3) is 0 Å². The molecule has 0 aromatic carbocycles. The van der Waals surface area contributed by atoms with E-state index in [0.717, 1.165) is 0 Å². The second kappa shape index (κ2) is 5.33. The number of rotatable bonds is 3. The largest absolute Gasteiger partial charge is 0.351 e. The van der Waals surface area contributed by atoms with E-state index in [9.17, 15) is 0 Å². The molecule has 16 heavy (non-hydrogen) atoms. The molecule has 2 heterocycles. The van der Waals surface area contributed by atoms with Gasteiger partial charge in [0, 0.05) is 18.3 Å². The summed E-state index contributed by atoms with van der Waals surface area (Å²) in [5.74, 6) is 1.17. The first-order chi connectivity index (χ1) is 7.86. The van der Waals surface area contributed by atoms with Gasteiger partial charge in [0.25, 0.3) is 0 Å². The second-order valence-corrected chi connectivity index (χ2v) is 4.65. The van der Waals surface area contributed by atoms with E-state index in [0.29, 0.717) is 12.1 Å². The van der Waals surface area contributed by atoms with Gasteiger partial charge in [-0.25, -0.2) is 4.98 Å². The van der Waals surface area contributed by atoms with Gasteiger partial charge in [-0.2, -0.15) is 0 Å². The average molecular weight is 218 g/mol. The van der Waals surface area contributed by atoms with E-state index >= 15 is 0 Å². The monoisotopic (exact) mass is 218 g/mol. The van der Waals surface area contributed by atoms with Gasteiger partial charge < -0.3 is 4.90 Å². The maximum absolute atomic E-state index is 4.52. The average Bonchev–Trinajstić information content (AvgIpc) is 2.38. The Morgan fingerprint density at radius 3 is 2.38 bits per heavy atom. The molecule has 1 aromatic rings. The molecule has 1 saturated heterocycles. The fraction of sp³-hybridized carbons (Fsp3) is 0.643. The van der Waals surface area contributed by atoms with Gasteiger partial charge in [0.15, 0.2) is 0 Å². The molecule has 2 nitrogen and oxygen atoms in total. The highest BCUT2D eigenvalue weighted by Gasteiger charge is 2.28. The summed E-state index contributed by atoms with van der Waals surface area (Å²) in [5.41, 5.74) is 0. The number of hydrogen-bond acceptors (Lipinski definition) is 2. The molecule has 0 bridgehead atoms. The van der Waals surface area contributed by atoms with Gasteiger partial charge in [0.2, 0.25) is 0 Å². The fourth-order valence-corrected chi connectivity index (χ4v) is 2.85. The molecule has 1 aliphatic rings. The Hall–Kier alpha value is -1.05. The van der Waals surface area contributed by atoms with E-state index < -0.39 is 0 Å². The van der Waals surface area contributed by atoms with Crippen molar-refractivity contribution in [3.8, 4) is 0 Å². The van der Waals surface area contributed by atoms with E-state index in [1.807, 2.05) is 12.3 Å². The van der Waals surface area contributed by atoms with Crippen molar-refractivity contribution in [2.75, 3.05) is 4.90 Å². The van der Waals surface area contributed by atoms with Crippen LogP contribution in [0.4, 0.5) is 5.82 Å². The first kappa shape index (κ1) is 11.4. The van der Waals surface area contributed by atoms with Crippen molar-refractivity contribution in [3.05, 3.63) is 24.4 Å². The van der Waals surface area contributed by atoms with Gasteiger partial charge in [0.05, 0.1) is 0 Å². The smallest absolute Gasteiger partial charge is 0.128 e. The van der Waals surface area contributed by atoms with E-state index in [1.54, 1.807) is 0 Å². The van der Waals surface area contributed by atoms with Crippen molar-refractivity contribution in [1.29, 1.82) is 0 Å². The van der Waals surface area contributed by atoms with Gasteiger partial charge >= 0.3 is 0 Å². The van der Waals surface area contributed by atoms with Gasteiger partial charge in [-0.15, -0.1) is 0 Å². The van der Waals surface area contributed by atoms with Crippen LogP contribution in [-0.2, 0) is 0 Å². The Morgan fingerprint density at radius 1 is 1.19 bits per heavy atom. The number of nitrogens with zero attached hydrogens (tertiary/aromatic N) is 2. The molecule has 0 amide bonds. The number of hydrogen-bond donors (Lipinski definition) is 0. The van der Waals surface area contributed by atoms with Crippen LogP contribution in [0.2, 0.25) is 0 Å². The summed E-state index contributed by atoms with van der Waals surface area (Å²) < 4.78 is 0. The molecule has 0 saturated carbocycles. The molecule has 0 N–H and O–H groups in total. The lowest BCUT2D eigenvalue weighted by atomic mass is 9.92. The van der Waals surface area contributed by atoms with Crippen LogP contribution in [0.1, 0.15) is 46.0 Å². The SMILES string of the molecule is CCC1CCCC(CC)N1c1ccccn1. The highest BCUT2D eigenvalue weighted by atomic mass is 15.2. The summed E-state index contributed by atoms with van der Waals surface area (Å²) >= 11 is 0. The maximum atomic E-state index is 4.52. The highest BCUT2D eigenvalue weighted by Crippen LogP contribution is 2.30. The lowest BCUT2D eigenvalue weighted by Gasteiger charge is -2.42. The van der Waals surface area contributed by atoms with Gasteiger partial charge in [-0.3, -0.25) is 0 Å². The molecule has 1 aliphatic heterocycles. The van der Waals surface area contributed by atoms with E-state index in [2.05, 4.69) is 35.9 Å². The van der Waals surface area contributed by atoms with Crippen molar-refractivity contribution < 1.29 is 0 Å². The van der Waals surface area contributed by atoms with Crippen molar-refractivity contribution >= 4 is 5.82 Å². The minimum atomic E-state index is 0.689. The van der Waals surface area contributed by atoms with Gasteiger partial charge in [0.1, 0.15) is 5.82 Å². The first-order valence-electron chi connectivity index (χ1n) is 6.56. The minimum absolute atomic E-state index is 0.689. The Bertz CT molecular complexity index is 298. The van der Waals surface area contributed by atoms with Crippen LogP contribution in [-0.4, -0.2) is 17.1 Å². The zero-order valence-electron chi connectivity index (χ0n) is 10.4. The van der Waals surface area contributed by atoms with Crippen LogP contribution in [0.5, 0.6) is 0 Å². The third-order valence-electron chi connectivity index (χ3n) is 3.72. The zero-order valence-corrected chi connectivity index (χ0v) is 10.4. The Balaban J connectivity index is 2.24. The molecular weight excluding hydrogens is 196 g/mol. The van der Waals surface area contributed by atoms with Crippen molar-refractivity contribution in [2.24, 2.45) is 0 Å². The van der Waals surface area contributed by atoms with Crippen LogP contribution < -0.4 is 4.90 Å². The highest BCUT2D eigenvalue weighted by molar-refractivity contribution is 5.41. The number of pyridine rings is 1. The molecule has 2 rings (SSSR count). The Kier molecular flexibility index (Phi) is 3.81. The normalized spacial score (nSPS) is 25.8. The summed E-state index contributed by atoms with van der Waals surface area (Å²) in [6.45, 7) is 4.58. The van der Waals surface area contributed by atoms with Crippen molar-refractivity contribution in [2.45, 2.75) is 58.0 Å². The molecular formula is C14H22N2. The molecule has 0 spiro atoms. The van der Waals surface area contributed by atoms with Crippen molar-refractivity contribution in [1.82, 2.24) is 4.98 Å². The van der Waals surface area contributed by atoms with Crippen LogP contribution in [0.3, 0.4) is 0 Å². The van der Waals surface area contributed by atoms with E-state index in [4.69, 9.17) is 0 Å². The predicted octanol–water partition coefficient (Wildman–Crippen LogP) is 3.63. The molecule has 0 radical (unpaired) electrons. The maximum Gasteiger partial charge on any atom is 0.128 e. The predicted molar refractivity (Wildman–Crippen MR) is 68.7 cm³/mol. The molecule has 2 atom stereocenters. The third-order valence-corrected chi connectivity index (χ3v) is 3.72. The zero-order chi connectivity index (χ0) is 11.4.